The van der Waals surface area contributed by atoms with E-state index in [-0.39, 0.29) is 24.0 Å². The number of nitrogens with zero attached hydrogens (tertiary/aromatic N) is 1. The molecule has 0 aliphatic heterocycles. The fourth-order valence-electron chi connectivity index (χ4n) is 1.93. The lowest BCUT2D eigenvalue weighted by Gasteiger charge is -2.31. The van der Waals surface area contributed by atoms with Gasteiger partial charge in [0.05, 0.1) is 6.21 Å². The van der Waals surface area contributed by atoms with E-state index in [0.29, 0.717) is 12.0 Å². The highest BCUT2D eigenvalue weighted by molar-refractivity contribution is 5.95. The zero-order valence-corrected chi connectivity index (χ0v) is 13.1. The van der Waals surface area contributed by atoms with E-state index in [4.69, 9.17) is 5.11 Å². The Hall–Kier alpha value is -1.88. The number of rotatable bonds is 6. The number of amides is 1. The second-order valence-electron chi connectivity index (χ2n) is 5.94. The van der Waals surface area contributed by atoms with Crippen LogP contribution in [0.15, 0.2) is 29.4 Å². The molecule has 5 nitrogen and oxygen atoms in total. The lowest BCUT2D eigenvalue weighted by atomic mass is 9.84. The van der Waals surface area contributed by atoms with E-state index < -0.39 is 0 Å². The molecule has 1 rings (SSSR count). The Morgan fingerprint density at radius 1 is 1.38 bits per heavy atom. The summed E-state index contributed by atoms with van der Waals surface area (Å²) in [5.74, 6) is -0.140. The van der Waals surface area contributed by atoms with Gasteiger partial charge in [-0.2, -0.15) is 0 Å². The number of carbonyl (C=O) groups is 1. The Bertz CT molecular complexity index is 475. The van der Waals surface area contributed by atoms with E-state index in [0.717, 1.165) is 5.56 Å². The van der Waals surface area contributed by atoms with Crippen molar-refractivity contribution in [3.63, 3.8) is 0 Å². The molecule has 2 N–H and O–H groups in total. The molecular formula is C16H24N2O3. The van der Waals surface area contributed by atoms with Crippen LogP contribution in [0.4, 0.5) is 0 Å². The van der Waals surface area contributed by atoms with Crippen molar-refractivity contribution >= 4 is 12.1 Å². The van der Waals surface area contributed by atoms with Crippen LogP contribution in [-0.2, 0) is 4.84 Å². The normalized spacial score (nSPS) is 13.2. The summed E-state index contributed by atoms with van der Waals surface area (Å²) < 4.78 is 0. The van der Waals surface area contributed by atoms with Crippen LogP contribution in [0, 0.1) is 5.41 Å². The standard InChI is InChI=1S/C16H24N2O3/c1-16(2,3)14(9-10-19)18-15(20)13-7-5-12(6-8-13)11-17-21-4/h5-8,11,14,19H,9-10H2,1-4H3,(H,18,20)/b17-11+. The Kier molecular flexibility index (Phi) is 6.37. The SMILES string of the molecule is CO/N=C/c1ccc(C(=O)NC(CCO)C(C)(C)C)cc1. The summed E-state index contributed by atoms with van der Waals surface area (Å²) in [6.45, 7) is 6.17. The molecule has 1 atom stereocenters. The van der Waals surface area contributed by atoms with Crippen LogP contribution >= 0.6 is 0 Å². The summed E-state index contributed by atoms with van der Waals surface area (Å²) >= 11 is 0. The molecule has 0 saturated heterocycles. The van der Waals surface area contributed by atoms with Crippen molar-refractivity contribution in [2.24, 2.45) is 10.6 Å². The average Bonchev–Trinajstić information content (AvgIpc) is 2.44. The van der Waals surface area contributed by atoms with Crippen molar-refractivity contribution in [3.8, 4) is 0 Å². The Labute approximate surface area is 126 Å². The Morgan fingerprint density at radius 3 is 2.48 bits per heavy atom. The molecule has 1 aromatic rings. The molecule has 0 spiro atoms. The van der Waals surface area contributed by atoms with Gasteiger partial charge in [0.2, 0.25) is 0 Å². The van der Waals surface area contributed by atoms with Gasteiger partial charge >= 0.3 is 0 Å². The molecule has 0 radical (unpaired) electrons. The van der Waals surface area contributed by atoms with E-state index in [9.17, 15) is 4.79 Å². The van der Waals surface area contributed by atoms with Gasteiger partial charge in [-0.25, -0.2) is 0 Å². The lowest BCUT2D eigenvalue weighted by molar-refractivity contribution is 0.0885. The second-order valence-corrected chi connectivity index (χ2v) is 5.94. The smallest absolute Gasteiger partial charge is 0.251 e. The number of nitrogens with one attached hydrogen (secondary N) is 1. The number of oxime groups is 1. The van der Waals surface area contributed by atoms with E-state index in [1.807, 2.05) is 20.8 Å². The minimum absolute atomic E-state index is 0.0502. The van der Waals surface area contributed by atoms with Crippen molar-refractivity contribution in [2.45, 2.75) is 33.2 Å². The maximum Gasteiger partial charge on any atom is 0.251 e. The van der Waals surface area contributed by atoms with Crippen LogP contribution in [0.5, 0.6) is 0 Å². The number of hydrogen-bond donors (Lipinski definition) is 2. The molecule has 116 valence electrons. The van der Waals surface area contributed by atoms with Gasteiger partial charge < -0.3 is 15.3 Å². The summed E-state index contributed by atoms with van der Waals surface area (Å²) in [4.78, 5) is 16.9. The quantitative estimate of drug-likeness (QED) is 0.623. The Balaban J connectivity index is 2.76. The minimum Gasteiger partial charge on any atom is -0.399 e. The van der Waals surface area contributed by atoms with Crippen LogP contribution in [0.2, 0.25) is 0 Å². The lowest BCUT2D eigenvalue weighted by Crippen LogP contribution is -2.44. The summed E-state index contributed by atoms with van der Waals surface area (Å²) in [6, 6.07) is 7.01. The van der Waals surface area contributed by atoms with Crippen molar-refractivity contribution in [1.82, 2.24) is 5.32 Å². The van der Waals surface area contributed by atoms with Crippen molar-refractivity contribution in [2.75, 3.05) is 13.7 Å². The molecule has 1 amide bonds. The highest BCUT2D eigenvalue weighted by Crippen LogP contribution is 2.22. The molecule has 0 fully saturated rings. The molecule has 1 unspecified atom stereocenters. The van der Waals surface area contributed by atoms with Gasteiger partial charge in [-0.05, 0) is 29.5 Å². The molecule has 21 heavy (non-hydrogen) atoms. The third kappa shape index (κ3) is 5.55. The zero-order chi connectivity index (χ0) is 15.9. The number of aliphatic hydroxyl groups is 1. The molecule has 0 saturated carbocycles. The van der Waals surface area contributed by atoms with Crippen LogP contribution in [-0.4, -0.2) is 37.0 Å². The summed E-state index contributed by atoms with van der Waals surface area (Å²) in [7, 11) is 1.48. The first-order chi connectivity index (χ1) is 9.88. The van der Waals surface area contributed by atoms with Gasteiger partial charge in [0, 0.05) is 18.2 Å². The van der Waals surface area contributed by atoms with E-state index in [2.05, 4.69) is 15.3 Å². The minimum atomic E-state index is -0.140. The number of benzene rings is 1. The summed E-state index contributed by atoms with van der Waals surface area (Å²) in [5, 5.41) is 15.8. The molecule has 5 heteroatoms. The van der Waals surface area contributed by atoms with Crippen LogP contribution in [0.1, 0.15) is 43.1 Å². The fraction of sp³-hybridized carbons (Fsp3) is 0.500. The number of carbonyl (C=O) groups excluding carboxylic acids is 1. The first-order valence-corrected chi connectivity index (χ1v) is 6.97. The molecule has 1 aromatic carbocycles. The predicted molar refractivity (Wildman–Crippen MR) is 83.5 cm³/mol. The molecule has 0 bridgehead atoms. The van der Waals surface area contributed by atoms with Crippen LogP contribution < -0.4 is 5.32 Å². The molecule has 0 aromatic heterocycles. The number of hydrogen-bond acceptors (Lipinski definition) is 4. The first kappa shape index (κ1) is 17.2. The molecule has 0 aliphatic carbocycles. The maximum atomic E-state index is 12.3. The highest BCUT2D eigenvalue weighted by atomic mass is 16.6. The van der Waals surface area contributed by atoms with E-state index >= 15 is 0 Å². The molecule has 0 aliphatic rings. The largest absolute Gasteiger partial charge is 0.399 e. The third-order valence-corrected chi connectivity index (χ3v) is 3.25. The molecular weight excluding hydrogens is 268 g/mol. The van der Waals surface area contributed by atoms with Gasteiger partial charge in [-0.1, -0.05) is 38.1 Å². The van der Waals surface area contributed by atoms with Crippen molar-refractivity contribution in [3.05, 3.63) is 35.4 Å². The van der Waals surface area contributed by atoms with E-state index in [1.165, 1.54) is 7.11 Å². The summed E-state index contributed by atoms with van der Waals surface area (Å²) in [6.07, 6.45) is 2.11. The van der Waals surface area contributed by atoms with E-state index in [1.54, 1.807) is 30.5 Å². The zero-order valence-electron chi connectivity index (χ0n) is 13.1. The number of aliphatic hydroxyl groups excluding tert-OH is 1. The summed E-state index contributed by atoms with van der Waals surface area (Å²) in [5.41, 5.74) is 1.33. The van der Waals surface area contributed by atoms with Crippen molar-refractivity contribution < 1.29 is 14.7 Å². The van der Waals surface area contributed by atoms with Crippen LogP contribution in [0.25, 0.3) is 0 Å². The highest BCUT2D eigenvalue weighted by Gasteiger charge is 2.25. The average molecular weight is 292 g/mol. The van der Waals surface area contributed by atoms with Gasteiger partial charge in [0.25, 0.3) is 5.91 Å². The predicted octanol–water partition coefficient (Wildman–Crippen LogP) is 2.19. The topological polar surface area (TPSA) is 70.9 Å². The van der Waals surface area contributed by atoms with Crippen molar-refractivity contribution in [1.29, 1.82) is 0 Å². The first-order valence-electron chi connectivity index (χ1n) is 6.97. The van der Waals surface area contributed by atoms with Gasteiger partial charge in [-0.3, -0.25) is 4.79 Å². The third-order valence-electron chi connectivity index (χ3n) is 3.25. The molecule has 0 heterocycles. The maximum absolute atomic E-state index is 12.3. The monoisotopic (exact) mass is 292 g/mol. The van der Waals surface area contributed by atoms with Gasteiger partial charge in [0.15, 0.2) is 0 Å². The van der Waals surface area contributed by atoms with Crippen LogP contribution in [0.3, 0.4) is 0 Å². The Morgan fingerprint density at radius 2 is 2.00 bits per heavy atom. The fourth-order valence-corrected chi connectivity index (χ4v) is 1.93. The van der Waals surface area contributed by atoms with Gasteiger partial charge in [0.1, 0.15) is 7.11 Å². The van der Waals surface area contributed by atoms with Gasteiger partial charge in [-0.15, -0.1) is 0 Å². The second kappa shape index (κ2) is 7.78.